The Morgan fingerprint density at radius 3 is 2.57 bits per heavy atom. The second-order valence-corrected chi connectivity index (χ2v) is 6.91. The summed E-state index contributed by atoms with van der Waals surface area (Å²) in [6.07, 6.45) is 5.09. The molecule has 1 aliphatic heterocycles. The van der Waals surface area contributed by atoms with E-state index >= 15 is 0 Å². The molecular formula is C21H20FN3O3. The lowest BCUT2D eigenvalue weighted by Crippen LogP contribution is -2.37. The topological polar surface area (TPSA) is 68.5 Å². The normalized spacial score (nSPS) is 15.1. The second-order valence-electron chi connectivity index (χ2n) is 6.91. The fourth-order valence-electron chi connectivity index (χ4n) is 3.65. The monoisotopic (exact) mass is 381 g/mol. The van der Waals surface area contributed by atoms with Crippen LogP contribution in [0, 0.1) is 15.9 Å². The summed E-state index contributed by atoms with van der Waals surface area (Å²) in [7, 11) is 0. The van der Waals surface area contributed by atoms with Crippen LogP contribution >= 0.6 is 0 Å². The Morgan fingerprint density at radius 1 is 1.11 bits per heavy atom. The molecule has 0 radical (unpaired) electrons. The highest BCUT2D eigenvalue weighted by atomic mass is 19.1. The molecule has 144 valence electrons. The minimum Gasteiger partial charge on any atom is -0.373 e. The van der Waals surface area contributed by atoms with Gasteiger partial charge in [-0.1, -0.05) is 12.1 Å². The van der Waals surface area contributed by atoms with Gasteiger partial charge in [0.1, 0.15) is 5.82 Å². The first-order valence-electron chi connectivity index (χ1n) is 9.24. The third-order valence-electron chi connectivity index (χ3n) is 5.15. The van der Waals surface area contributed by atoms with Crippen LogP contribution in [0.2, 0.25) is 0 Å². The molecule has 1 aromatic heterocycles. The molecule has 3 aromatic rings. The number of aromatic nitrogens is 1. The maximum Gasteiger partial charge on any atom is 0.278 e. The zero-order valence-electron chi connectivity index (χ0n) is 15.3. The number of pyridine rings is 1. The van der Waals surface area contributed by atoms with Crippen LogP contribution in [0.3, 0.4) is 0 Å². The van der Waals surface area contributed by atoms with Crippen molar-refractivity contribution in [3.05, 3.63) is 76.4 Å². The maximum atomic E-state index is 13.0. The molecule has 28 heavy (non-hydrogen) atoms. The van der Waals surface area contributed by atoms with E-state index in [9.17, 15) is 14.5 Å². The molecule has 1 saturated heterocycles. The van der Waals surface area contributed by atoms with Gasteiger partial charge in [0.15, 0.2) is 0 Å². The fraction of sp³-hybridized carbons (Fsp3) is 0.286. The van der Waals surface area contributed by atoms with Crippen LogP contribution in [0.5, 0.6) is 0 Å². The lowest BCUT2D eigenvalue weighted by atomic mass is 10.0. The quantitative estimate of drug-likeness (QED) is 0.482. The largest absolute Gasteiger partial charge is 0.373 e. The third-order valence-corrected chi connectivity index (χ3v) is 5.15. The van der Waals surface area contributed by atoms with Crippen LogP contribution in [-0.4, -0.2) is 29.1 Å². The second kappa shape index (κ2) is 7.90. The number of halogens is 1. The van der Waals surface area contributed by atoms with Gasteiger partial charge in [-0.3, -0.25) is 15.1 Å². The van der Waals surface area contributed by atoms with Crippen molar-refractivity contribution >= 4 is 22.1 Å². The highest BCUT2D eigenvalue weighted by Crippen LogP contribution is 2.34. The van der Waals surface area contributed by atoms with Crippen molar-refractivity contribution in [2.75, 3.05) is 18.0 Å². The summed E-state index contributed by atoms with van der Waals surface area (Å²) in [6, 6.07) is 11.6. The number of hydrogen-bond acceptors (Lipinski definition) is 5. The lowest BCUT2D eigenvalue weighted by Gasteiger charge is -2.34. The van der Waals surface area contributed by atoms with Gasteiger partial charge in [0, 0.05) is 42.6 Å². The van der Waals surface area contributed by atoms with Crippen LogP contribution < -0.4 is 4.90 Å². The van der Waals surface area contributed by atoms with Gasteiger partial charge in [-0.05, 0) is 42.7 Å². The van der Waals surface area contributed by atoms with Crippen molar-refractivity contribution in [1.29, 1.82) is 0 Å². The van der Waals surface area contributed by atoms with E-state index in [1.165, 1.54) is 12.1 Å². The van der Waals surface area contributed by atoms with Crippen molar-refractivity contribution in [3.63, 3.8) is 0 Å². The molecule has 4 rings (SSSR count). The molecule has 0 spiro atoms. The van der Waals surface area contributed by atoms with E-state index in [2.05, 4.69) is 9.88 Å². The molecule has 0 amide bonds. The molecule has 0 aliphatic carbocycles. The third kappa shape index (κ3) is 3.80. The van der Waals surface area contributed by atoms with Gasteiger partial charge in [0.25, 0.3) is 5.69 Å². The van der Waals surface area contributed by atoms with Crippen LogP contribution in [0.4, 0.5) is 15.8 Å². The molecule has 2 aromatic carbocycles. The summed E-state index contributed by atoms with van der Waals surface area (Å²) in [5.41, 5.74) is 2.02. The molecule has 7 heteroatoms. The number of benzene rings is 2. The highest BCUT2D eigenvalue weighted by Gasteiger charge is 2.23. The minimum atomic E-state index is -0.372. The summed E-state index contributed by atoms with van der Waals surface area (Å²) in [5.74, 6) is -0.248. The van der Waals surface area contributed by atoms with Gasteiger partial charge in [-0.25, -0.2) is 4.39 Å². The Morgan fingerprint density at radius 2 is 1.86 bits per heavy atom. The number of fused-ring (bicyclic) bond motifs is 1. The van der Waals surface area contributed by atoms with Gasteiger partial charge >= 0.3 is 0 Å². The summed E-state index contributed by atoms with van der Waals surface area (Å²) < 4.78 is 19.0. The van der Waals surface area contributed by atoms with Gasteiger partial charge in [-0.2, -0.15) is 0 Å². The highest BCUT2D eigenvalue weighted by molar-refractivity contribution is 5.99. The van der Waals surface area contributed by atoms with Crippen molar-refractivity contribution < 1.29 is 14.1 Å². The van der Waals surface area contributed by atoms with Crippen molar-refractivity contribution in [1.82, 2.24) is 4.98 Å². The van der Waals surface area contributed by atoms with Crippen LogP contribution in [0.15, 0.2) is 54.9 Å². The number of nitro benzene ring substituents is 1. The molecule has 0 N–H and O–H groups in total. The van der Waals surface area contributed by atoms with Crippen molar-refractivity contribution in [2.24, 2.45) is 0 Å². The minimum absolute atomic E-state index is 0.0735. The lowest BCUT2D eigenvalue weighted by molar-refractivity contribution is -0.383. The molecule has 2 heterocycles. The van der Waals surface area contributed by atoms with Crippen LogP contribution in [0.25, 0.3) is 10.8 Å². The van der Waals surface area contributed by atoms with Gasteiger partial charge in [-0.15, -0.1) is 0 Å². The Hall–Kier alpha value is -3.06. The number of hydrogen-bond donors (Lipinski definition) is 0. The SMILES string of the molecule is O=[N+]([O-])c1ccc(N2CCC(OCc3ccc(F)cc3)CC2)c2ccncc12. The zero-order valence-corrected chi connectivity index (χ0v) is 15.3. The number of nitro groups is 1. The molecule has 6 nitrogen and oxygen atoms in total. The summed E-state index contributed by atoms with van der Waals surface area (Å²) >= 11 is 0. The fourth-order valence-corrected chi connectivity index (χ4v) is 3.65. The zero-order chi connectivity index (χ0) is 19.5. The van der Waals surface area contributed by atoms with Gasteiger partial charge in [0.05, 0.1) is 23.0 Å². The molecular weight excluding hydrogens is 361 g/mol. The smallest absolute Gasteiger partial charge is 0.278 e. The van der Waals surface area contributed by atoms with Gasteiger partial charge in [0.2, 0.25) is 0 Å². The summed E-state index contributed by atoms with van der Waals surface area (Å²) in [4.78, 5) is 17.2. The molecule has 0 atom stereocenters. The van der Waals surface area contributed by atoms with Crippen molar-refractivity contribution in [3.8, 4) is 0 Å². The van der Waals surface area contributed by atoms with E-state index in [0.717, 1.165) is 42.6 Å². The molecule has 1 aliphatic rings. The first kappa shape index (κ1) is 18.3. The van der Waals surface area contributed by atoms with Crippen LogP contribution in [-0.2, 0) is 11.3 Å². The molecule has 0 unspecified atom stereocenters. The number of nitrogens with zero attached hydrogens (tertiary/aromatic N) is 3. The first-order chi connectivity index (χ1) is 13.6. The standard InChI is InChI=1S/C21H20FN3O3/c22-16-3-1-15(2-4-16)14-28-17-8-11-24(12-9-17)20-5-6-21(25(26)27)19-13-23-10-7-18(19)20/h1-7,10,13,17H,8-9,11-12,14H2. The Labute approximate surface area is 161 Å². The maximum absolute atomic E-state index is 13.0. The predicted molar refractivity (Wildman–Crippen MR) is 105 cm³/mol. The number of piperidine rings is 1. The molecule has 1 fully saturated rings. The predicted octanol–water partition coefficient (Wildman–Crippen LogP) is 4.47. The summed E-state index contributed by atoms with van der Waals surface area (Å²) in [5, 5.41) is 12.7. The number of ether oxygens (including phenoxy) is 1. The van der Waals surface area contributed by atoms with E-state index in [0.29, 0.717) is 12.0 Å². The Balaban J connectivity index is 1.43. The number of non-ortho nitro benzene ring substituents is 1. The van der Waals surface area contributed by atoms with E-state index < -0.39 is 0 Å². The Bertz CT molecular complexity index is 986. The van der Waals surface area contributed by atoms with E-state index in [-0.39, 0.29) is 22.5 Å². The van der Waals surface area contributed by atoms with Crippen LogP contribution in [0.1, 0.15) is 18.4 Å². The number of anilines is 1. The average molecular weight is 381 g/mol. The van der Waals surface area contributed by atoms with Crippen molar-refractivity contribution in [2.45, 2.75) is 25.6 Å². The van der Waals surface area contributed by atoms with E-state index in [4.69, 9.17) is 4.74 Å². The van der Waals surface area contributed by atoms with E-state index in [1.807, 2.05) is 12.1 Å². The average Bonchev–Trinajstić information content (AvgIpc) is 2.73. The number of rotatable bonds is 5. The Kier molecular flexibility index (Phi) is 5.16. The first-order valence-corrected chi connectivity index (χ1v) is 9.24. The van der Waals surface area contributed by atoms with E-state index in [1.54, 1.807) is 30.6 Å². The molecule has 0 bridgehead atoms. The molecule has 0 saturated carbocycles. The summed E-state index contributed by atoms with van der Waals surface area (Å²) in [6.45, 7) is 2.09. The van der Waals surface area contributed by atoms with Gasteiger partial charge < -0.3 is 9.64 Å².